The number of methoxy groups -OCH3 is 1. The van der Waals surface area contributed by atoms with E-state index < -0.39 is 11.6 Å². The van der Waals surface area contributed by atoms with Crippen LogP contribution in [0.2, 0.25) is 0 Å². The number of esters is 2. The van der Waals surface area contributed by atoms with Crippen LogP contribution in [0, 0.1) is 0 Å². The monoisotopic (exact) mass is 361 g/mol. The molecule has 1 spiro atoms. The lowest BCUT2D eigenvalue weighted by atomic mass is 9.85. The molecule has 7 nitrogen and oxygen atoms in total. The molecule has 0 N–H and O–H groups in total. The van der Waals surface area contributed by atoms with Crippen molar-refractivity contribution >= 4 is 17.8 Å². The largest absolute Gasteiger partial charge is 0.456 e. The van der Waals surface area contributed by atoms with Crippen LogP contribution in [0.3, 0.4) is 0 Å². The second-order valence-electron chi connectivity index (χ2n) is 7.55. The standard InChI is InChI=1S/C19H23NO6/c1-10-8-13(25-17(10)22)12-4-5-14-19(9-11(2)18(23)26-19)15(24-3)6-7-16(21)20(12)14/h9,12-15H,1,4-8H2,2-3H3/t12-,13-,14-,15+,19-/m0/s1. The van der Waals surface area contributed by atoms with Crippen LogP contribution in [-0.2, 0) is 28.6 Å². The van der Waals surface area contributed by atoms with Crippen molar-refractivity contribution in [3.63, 3.8) is 0 Å². The van der Waals surface area contributed by atoms with Gasteiger partial charge >= 0.3 is 11.9 Å². The lowest BCUT2D eigenvalue weighted by Gasteiger charge is -2.41. The Balaban J connectivity index is 1.72. The van der Waals surface area contributed by atoms with Gasteiger partial charge in [0, 0.05) is 31.1 Å². The van der Waals surface area contributed by atoms with Crippen LogP contribution >= 0.6 is 0 Å². The van der Waals surface area contributed by atoms with Gasteiger partial charge in [-0.25, -0.2) is 9.59 Å². The van der Waals surface area contributed by atoms with E-state index in [0.717, 1.165) is 0 Å². The zero-order valence-electron chi connectivity index (χ0n) is 15.0. The molecule has 0 unspecified atom stereocenters. The predicted molar refractivity (Wildman–Crippen MR) is 89.9 cm³/mol. The van der Waals surface area contributed by atoms with E-state index in [2.05, 4.69) is 6.58 Å². The third-order valence-electron chi connectivity index (χ3n) is 6.10. The van der Waals surface area contributed by atoms with Gasteiger partial charge in [0.1, 0.15) is 12.2 Å². The van der Waals surface area contributed by atoms with Gasteiger partial charge in [0.15, 0.2) is 5.60 Å². The third-order valence-corrected chi connectivity index (χ3v) is 6.10. The molecule has 4 aliphatic heterocycles. The predicted octanol–water partition coefficient (Wildman–Crippen LogP) is 1.27. The van der Waals surface area contributed by atoms with Gasteiger partial charge in [-0.05, 0) is 32.3 Å². The number of rotatable bonds is 2. The Hall–Kier alpha value is -2.15. The molecule has 4 aliphatic rings. The van der Waals surface area contributed by atoms with E-state index in [1.54, 1.807) is 18.9 Å². The zero-order valence-corrected chi connectivity index (χ0v) is 15.0. The summed E-state index contributed by atoms with van der Waals surface area (Å²) in [7, 11) is 1.58. The van der Waals surface area contributed by atoms with Crippen molar-refractivity contribution in [3.8, 4) is 0 Å². The first-order chi connectivity index (χ1) is 12.4. The van der Waals surface area contributed by atoms with E-state index in [1.165, 1.54) is 0 Å². The zero-order chi connectivity index (χ0) is 18.6. The lowest BCUT2D eigenvalue weighted by Crippen LogP contribution is -2.58. The minimum absolute atomic E-state index is 0.0148. The Labute approximate surface area is 151 Å². The maximum atomic E-state index is 12.9. The Bertz CT molecular complexity index is 712. The average Bonchev–Trinajstić information content (AvgIpc) is 3.24. The first kappa shape index (κ1) is 17.3. The van der Waals surface area contributed by atoms with E-state index in [4.69, 9.17) is 14.2 Å². The normalized spacial score (nSPS) is 39.8. The van der Waals surface area contributed by atoms with Crippen molar-refractivity contribution in [2.45, 2.75) is 68.9 Å². The fourth-order valence-corrected chi connectivity index (χ4v) is 4.92. The minimum Gasteiger partial charge on any atom is -0.456 e. The van der Waals surface area contributed by atoms with Crippen LogP contribution in [0.25, 0.3) is 0 Å². The van der Waals surface area contributed by atoms with Crippen LogP contribution in [0.1, 0.15) is 39.0 Å². The van der Waals surface area contributed by atoms with Crippen LogP contribution in [0.15, 0.2) is 23.8 Å². The van der Waals surface area contributed by atoms with Gasteiger partial charge in [0.05, 0.1) is 12.1 Å². The smallest absolute Gasteiger partial charge is 0.334 e. The van der Waals surface area contributed by atoms with Gasteiger partial charge in [-0.15, -0.1) is 0 Å². The van der Waals surface area contributed by atoms with Gasteiger partial charge < -0.3 is 19.1 Å². The summed E-state index contributed by atoms with van der Waals surface area (Å²) in [5.74, 6) is -0.780. The van der Waals surface area contributed by atoms with E-state index in [1.807, 2.05) is 6.08 Å². The van der Waals surface area contributed by atoms with Crippen molar-refractivity contribution in [3.05, 3.63) is 23.8 Å². The highest BCUT2D eigenvalue weighted by molar-refractivity contribution is 5.92. The molecular formula is C19H23NO6. The molecule has 26 heavy (non-hydrogen) atoms. The number of ether oxygens (including phenoxy) is 3. The number of carbonyl (C=O) groups excluding carboxylic acids is 3. The van der Waals surface area contributed by atoms with Gasteiger partial charge in [-0.1, -0.05) is 6.58 Å². The SMILES string of the molecule is C=C1C[C@@H]([C@@H]2CC[C@@H]3N2C(=O)CC[C@@H](OC)[C@]32C=C(C)C(=O)O2)OC1=O. The molecule has 0 bridgehead atoms. The molecule has 7 heteroatoms. The molecule has 0 saturated carbocycles. The highest BCUT2D eigenvalue weighted by Crippen LogP contribution is 2.46. The fourth-order valence-electron chi connectivity index (χ4n) is 4.92. The highest BCUT2D eigenvalue weighted by Gasteiger charge is 2.60. The second kappa shape index (κ2) is 5.94. The Morgan fingerprint density at radius 3 is 2.58 bits per heavy atom. The molecular weight excluding hydrogens is 338 g/mol. The van der Waals surface area contributed by atoms with Crippen molar-refractivity contribution in [2.24, 2.45) is 0 Å². The van der Waals surface area contributed by atoms with E-state index in [0.29, 0.717) is 43.3 Å². The highest BCUT2D eigenvalue weighted by atomic mass is 16.6. The van der Waals surface area contributed by atoms with E-state index in [-0.39, 0.29) is 36.2 Å². The van der Waals surface area contributed by atoms with Crippen LogP contribution in [-0.4, -0.2) is 59.7 Å². The van der Waals surface area contributed by atoms with Crippen molar-refractivity contribution < 1.29 is 28.6 Å². The molecule has 140 valence electrons. The molecule has 3 saturated heterocycles. The second-order valence-corrected chi connectivity index (χ2v) is 7.55. The molecule has 4 heterocycles. The Morgan fingerprint density at radius 1 is 1.23 bits per heavy atom. The number of cyclic esters (lactones) is 1. The average molecular weight is 361 g/mol. The topological polar surface area (TPSA) is 82.1 Å². The van der Waals surface area contributed by atoms with Crippen molar-refractivity contribution in [2.75, 3.05) is 7.11 Å². The number of fused-ring (bicyclic) bond motifs is 2. The Kier molecular flexibility index (Phi) is 3.95. The van der Waals surface area contributed by atoms with Crippen molar-refractivity contribution in [1.82, 2.24) is 4.90 Å². The van der Waals surface area contributed by atoms with Crippen LogP contribution in [0.5, 0.6) is 0 Å². The van der Waals surface area contributed by atoms with Gasteiger partial charge in [0.2, 0.25) is 5.91 Å². The maximum absolute atomic E-state index is 12.9. The number of amides is 1. The first-order valence-corrected chi connectivity index (χ1v) is 9.03. The molecule has 0 aromatic carbocycles. The molecule has 3 fully saturated rings. The van der Waals surface area contributed by atoms with Crippen LogP contribution in [0.4, 0.5) is 0 Å². The molecule has 0 aliphatic carbocycles. The van der Waals surface area contributed by atoms with Crippen molar-refractivity contribution in [1.29, 1.82) is 0 Å². The Morgan fingerprint density at radius 2 is 2.00 bits per heavy atom. The molecule has 4 rings (SSSR count). The summed E-state index contributed by atoms with van der Waals surface area (Å²) in [6, 6.07) is -0.544. The number of hydrogen-bond donors (Lipinski definition) is 0. The maximum Gasteiger partial charge on any atom is 0.334 e. The fraction of sp³-hybridized carbons (Fsp3) is 0.632. The number of hydrogen-bond acceptors (Lipinski definition) is 6. The van der Waals surface area contributed by atoms with Gasteiger partial charge in [0.25, 0.3) is 0 Å². The summed E-state index contributed by atoms with van der Waals surface area (Å²) in [6.07, 6.45) is 3.60. The van der Waals surface area contributed by atoms with E-state index in [9.17, 15) is 14.4 Å². The third kappa shape index (κ3) is 2.33. The summed E-state index contributed by atoms with van der Waals surface area (Å²) in [4.78, 5) is 38.7. The van der Waals surface area contributed by atoms with Crippen LogP contribution < -0.4 is 0 Å². The number of carbonyl (C=O) groups is 3. The lowest BCUT2D eigenvalue weighted by molar-refractivity contribution is -0.168. The summed E-state index contributed by atoms with van der Waals surface area (Å²) in [6.45, 7) is 5.46. The van der Waals surface area contributed by atoms with Gasteiger partial charge in [-0.2, -0.15) is 0 Å². The molecule has 1 amide bonds. The first-order valence-electron chi connectivity index (χ1n) is 9.03. The molecule has 0 aromatic rings. The van der Waals surface area contributed by atoms with Gasteiger partial charge in [-0.3, -0.25) is 4.79 Å². The summed E-state index contributed by atoms with van der Waals surface area (Å²) < 4.78 is 16.9. The molecule has 0 radical (unpaired) electrons. The number of nitrogens with zero attached hydrogens (tertiary/aromatic N) is 1. The van der Waals surface area contributed by atoms with E-state index >= 15 is 0 Å². The summed E-state index contributed by atoms with van der Waals surface area (Å²) in [5, 5.41) is 0. The molecule has 5 atom stereocenters. The summed E-state index contributed by atoms with van der Waals surface area (Å²) in [5.41, 5.74) is -0.00472. The quantitative estimate of drug-likeness (QED) is 0.544. The molecule has 0 aromatic heterocycles. The summed E-state index contributed by atoms with van der Waals surface area (Å²) >= 11 is 0. The minimum atomic E-state index is -0.976.